The van der Waals surface area contributed by atoms with Crippen molar-refractivity contribution in [1.29, 1.82) is 0 Å². The second-order valence-electron chi connectivity index (χ2n) is 4.68. The van der Waals surface area contributed by atoms with E-state index < -0.39 is 0 Å². The van der Waals surface area contributed by atoms with E-state index in [1.54, 1.807) is 0 Å². The molecular formula is C11H19N3. The fourth-order valence-electron chi connectivity index (χ4n) is 2.02. The van der Waals surface area contributed by atoms with E-state index in [4.69, 9.17) is 0 Å². The van der Waals surface area contributed by atoms with Gasteiger partial charge in [-0.25, -0.2) is 0 Å². The summed E-state index contributed by atoms with van der Waals surface area (Å²) in [6, 6.07) is 0. The number of nitrogens with zero attached hydrogens (tertiary/aromatic N) is 1. The Morgan fingerprint density at radius 3 is 2.57 bits per heavy atom. The van der Waals surface area contributed by atoms with Gasteiger partial charge in [0.15, 0.2) is 0 Å². The fourth-order valence-corrected chi connectivity index (χ4v) is 2.02. The summed E-state index contributed by atoms with van der Waals surface area (Å²) in [5.41, 5.74) is 4.03. The first kappa shape index (κ1) is 9.71. The maximum absolute atomic E-state index is 4.20. The number of hydrogen-bond donors (Lipinski definition) is 2. The Labute approximate surface area is 85.3 Å². The number of aryl methyl sites for hydroxylation is 2. The highest BCUT2D eigenvalue weighted by atomic mass is 15.1. The number of rotatable bonds is 3. The van der Waals surface area contributed by atoms with Crippen LogP contribution in [0.3, 0.4) is 0 Å². The van der Waals surface area contributed by atoms with Crippen molar-refractivity contribution in [3.05, 3.63) is 17.0 Å². The standard InChI is InChI=1S/C11H19N3/c1-8-10(9(2)14-13-8)7-12-11(3)5-4-6-11/h12H,4-7H2,1-3H3,(H,13,14). The average molecular weight is 193 g/mol. The minimum absolute atomic E-state index is 0.385. The average Bonchev–Trinajstić information content (AvgIpc) is 2.41. The van der Waals surface area contributed by atoms with Crippen LogP contribution >= 0.6 is 0 Å². The maximum atomic E-state index is 4.20. The molecule has 2 rings (SSSR count). The molecule has 0 bridgehead atoms. The van der Waals surface area contributed by atoms with Crippen LogP contribution in [0.5, 0.6) is 0 Å². The van der Waals surface area contributed by atoms with Crippen molar-refractivity contribution in [3.63, 3.8) is 0 Å². The van der Waals surface area contributed by atoms with E-state index in [-0.39, 0.29) is 0 Å². The molecule has 0 radical (unpaired) electrons. The molecule has 0 aliphatic heterocycles. The predicted octanol–water partition coefficient (Wildman–Crippen LogP) is 2.06. The van der Waals surface area contributed by atoms with E-state index in [0.29, 0.717) is 5.54 Å². The van der Waals surface area contributed by atoms with Crippen molar-refractivity contribution in [2.45, 2.75) is 52.1 Å². The Bertz CT molecular complexity index is 304. The van der Waals surface area contributed by atoms with Gasteiger partial charge in [0, 0.05) is 23.3 Å². The van der Waals surface area contributed by atoms with Crippen LogP contribution in [0.2, 0.25) is 0 Å². The molecule has 3 nitrogen and oxygen atoms in total. The summed E-state index contributed by atoms with van der Waals surface area (Å²) in [7, 11) is 0. The largest absolute Gasteiger partial charge is 0.307 e. The molecule has 1 heterocycles. The molecule has 2 N–H and O–H groups in total. The SMILES string of the molecule is Cc1n[nH]c(C)c1CNC1(C)CCC1. The molecule has 0 saturated heterocycles. The number of nitrogens with one attached hydrogen (secondary N) is 2. The fraction of sp³-hybridized carbons (Fsp3) is 0.727. The van der Waals surface area contributed by atoms with Gasteiger partial charge in [0.1, 0.15) is 0 Å². The van der Waals surface area contributed by atoms with E-state index in [1.165, 1.54) is 30.5 Å². The van der Waals surface area contributed by atoms with Crippen LogP contribution in [-0.4, -0.2) is 15.7 Å². The monoisotopic (exact) mass is 193 g/mol. The zero-order valence-electron chi connectivity index (χ0n) is 9.28. The first-order valence-corrected chi connectivity index (χ1v) is 5.36. The molecule has 14 heavy (non-hydrogen) atoms. The number of aromatic nitrogens is 2. The molecule has 0 amide bonds. The second-order valence-corrected chi connectivity index (χ2v) is 4.68. The van der Waals surface area contributed by atoms with Crippen LogP contribution in [0.1, 0.15) is 43.1 Å². The summed E-state index contributed by atoms with van der Waals surface area (Å²) >= 11 is 0. The van der Waals surface area contributed by atoms with Gasteiger partial charge in [-0.05, 0) is 40.0 Å². The molecular weight excluding hydrogens is 174 g/mol. The van der Waals surface area contributed by atoms with Gasteiger partial charge in [0.05, 0.1) is 5.69 Å². The Balaban J connectivity index is 1.97. The van der Waals surface area contributed by atoms with Crippen LogP contribution in [0.25, 0.3) is 0 Å². The van der Waals surface area contributed by atoms with Gasteiger partial charge < -0.3 is 5.32 Å². The van der Waals surface area contributed by atoms with Crippen molar-refractivity contribution in [3.8, 4) is 0 Å². The van der Waals surface area contributed by atoms with Gasteiger partial charge in [-0.3, -0.25) is 5.10 Å². The molecule has 3 heteroatoms. The topological polar surface area (TPSA) is 40.7 Å². The third kappa shape index (κ3) is 1.69. The predicted molar refractivity (Wildman–Crippen MR) is 57.2 cm³/mol. The first-order valence-electron chi connectivity index (χ1n) is 5.36. The van der Waals surface area contributed by atoms with Crippen LogP contribution < -0.4 is 5.32 Å². The van der Waals surface area contributed by atoms with Crippen molar-refractivity contribution in [2.24, 2.45) is 0 Å². The third-order valence-electron chi connectivity index (χ3n) is 3.43. The third-order valence-corrected chi connectivity index (χ3v) is 3.43. The van der Waals surface area contributed by atoms with Crippen molar-refractivity contribution in [1.82, 2.24) is 15.5 Å². The van der Waals surface area contributed by atoms with E-state index in [0.717, 1.165) is 12.2 Å². The van der Waals surface area contributed by atoms with Crippen LogP contribution in [0, 0.1) is 13.8 Å². The lowest BCUT2D eigenvalue weighted by atomic mass is 9.78. The van der Waals surface area contributed by atoms with Crippen LogP contribution in [0.4, 0.5) is 0 Å². The molecule has 1 aromatic rings. The van der Waals surface area contributed by atoms with Gasteiger partial charge in [-0.15, -0.1) is 0 Å². The molecule has 1 aliphatic rings. The van der Waals surface area contributed by atoms with Crippen LogP contribution in [0.15, 0.2) is 0 Å². The first-order chi connectivity index (χ1) is 6.61. The van der Waals surface area contributed by atoms with Gasteiger partial charge >= 0.3 is 0 Å². The number of aromatic amines is 1. The lowest BCUT2D eigenvalue weighted by Crippen LogP contribution is -2.47. The van der Waals surface area contributed by atoms with E-state index >= 15 is 0 Å². The molecule has 1 fully saturated rings. The Morgan fingerprint density at radius 2 is 2.14 bits per heavy atom. The van der Waals surface area contributed by atoms with E-state index in [9.17, 15) is 0 Å². The van der Waals surface area contributed by atoms with Gasteiger partial charge in [0.2, 0.25) is 0 Å². The summed E-state index contributed by atoms with van der Waals surface area (Å²) < 4.78 is 0. The highest BCUT2D eigenvalue weighted by Gasteiger charge is 2.31. The normalized spacial score (nSPS) is 19.4. The lowest BCUT2D eigenvalue weighted by molar-refractivity contribution is 0.206. The summed E-state index contributed by atoms with van der Waals surface area (Å²) in [5.74, 6) is 0. The number of H-pyrrole nitrogens is 1. The van der Waals surface area contributed by atoms with Crippen molar-refractivity contribution >= 4 is 0 Å². The van der Waals surface area contributed by atoms with Crippen molar-refractivity contribution < 1.29 is 0 Å². The zero-order chi connectivity index (χ0) is 10.2. The highest BCUT2D eigenvalue weighted by molar-refractivity contribution is 5.23. The number of hydrogen-bond acceptors (Lipinski definition) is 2. The Hall–Kier alpha value is -0.830. The van der Waals surface area contributed by atoms with Crippen LogP contribution in [-0.2, 0) is 6.54 Å². The van der Waals surface area contributed by atoms with Gasteiger partial charge in [-0.1, -0.05) is 0 Å². The molecule has 1 aliphatic carbocycles. The minimum Gasteiger partial charge on any atom is -0.307 e. The molecule has 0 atom stereocenters. The lowest BCUT2D eigenvalue weighted by Gasteiger charge is -2.39. The molecule has 0 aromatic carbocycles. The molecule has 78 valence electrons. The highest BCUT2D eigenvalue weighted by Crippen LogP contribution is 2.31. The molecule has 1 aromatic heterocycles. The summed E-state index contributed by atoms with van der Waals surface area (Å²) in [5, 5.41) is 10.8. The van der Waals surface area contributed by atoms with E-state index in [1.807, 2.05) is 0 Å². The second kappa shape index (κ2) is 3.39. The Morgan fingerprint density at radius 1 is 1.43 bits per heavy atom. The summed E-state index contributed by atoms with van der Waals surface area (Å²) in [6.45, 7) is 7.40. The smallest absolute Gasteiger partial charge is 0.0638 e. The summed E-state index contributed by atoms with van der Waals surface area (Å²) in [4.78, 5) is 0. The van der Waals surface area contributed by atoms with Crippen molar-refractivity contribution in [2.75, 3.05) is 0 Å². The van der Waals surface area contributed by atoms with E-state index in [2.05, 4.69) is 36.3 Å². The maximum Gasteiger partial charge on any atom is 0.0638 e. The molecule has 0 unspecified atom stereocenters. The quantitative estimate of drug-likeness (QED) is 0.771. The molecule has 0 spiro atoms. The molecule has 1 saturated carbocycles. The van der Waals surface area contributed by atoms with Gasteiger partial charge in [0.25, 0.3) is 0 Å². The van der Waals surface area contributed by atoms with Gasteiger partial charge in [-0.2, -0.15) is 5.10 Å². The zero-order valence-corrected chi connectivity index (χ0v) is 9.28. The summed E-state index contributed by atoms with van der Waals surface area (Å²) in [6.07, 6.45) is 3.98. The Kier molecular flexibility index (Phi) is 2.35. The minimum atomic E-state index is 0.385.